The number of benzene rings is 1. The van der Waals surface area contributed by atoms with Crippen LogP contribution in [0, 0.1) is 0 Å². The summed E-state index contributed by atoms with van der Waals surface area (Å²) in [7, 11) is 0. The molecule has 3 nitrogen and oxygen atoms in total. The Morgan fingerprint density at radius 2 is 1.94 bits per heavy atom. The van der Waals surface area contributed by atoms with Crippen molar-refractivity contribution in [2.75, 3.05) is 6.61 Å². The van der Waals surface area contributed by atoms with Crippen molar-refractivity contribution in [1.29, 1.82) is 0 Å². The van der Waals surface area contributed by atoms with Crippen molar-refractivity contribution in [3.05, 3.63) is 48.0 Å². The first kappa shape index (κ1) is 12.9. The second kappa shape index (κ2) is 6.42. The van der Waals surface area contributed by atoms with E-state index < -0.39 is 0 Å². The Morgan fingerprint density at radius 1 is 1.17 bits per heavy atom. The fraction of sp³-hybridized carbons (Fsp3) is 0.214. The lowest BCUT2D eigenvalue weighted by Gasteiger charge is -2.05. The lowest BCUT2D eigenvalue weighted by Crippen LogP contribution is -1.94. The fourth-order valence-electron chi connectivity index (χ4n) is 1.46. The molecule has 1 heterocycles. The standard InChI is InChI=1S/C14H15NO2S/c1-2-17-13-4-3-5-14(15-13)18-12-8-6-11(10-16)7-9-12/h3-9,16H,2,10H2,1H3. The molecule has 1 N–H and O–H groups in total. The Hall–Kier alpha value is -1.52. The monoisotopic (exact) mass is 261 g/mol. The van der Waals surface area contributed by atoms with Crippen molar-refractivity contribution < 1.29 is 9.84 Å². The zero-order valence-corrected chi connectivity index (χ0v) is 11.0. The Morgan fingerprint density at radius 3 is 2.61 bits per heavy atom. The second-order valence-electron chi connectivity index (χ2n) is 3.65. The van der Waals surface area contributed by atoms with E-state index in [2.05, 4.69) is 4.98 Å². The third-order valence-corrected chi connectivity index (χ3v) is 3.26. The van der Waals surface area contributed by atoms with Gasteiger partial charge in [0.2, 0.25) is 5.88 Å². The molecule has 0 fully saturated rings. The summed E-state index contributed by atoms with van der Waals surface area (Å²) in [5.41, 5.74) is 0.912. The predicted molar refractivity (Wildman–Crippen MR) is 71.9 cm³/mol. The van der Waals surface area contributed by atoms with E-state index in [1.165, 1.54) is 0 Å². The van der Waals surface area contributed by atoms with Gasteiger partial charge < -0.3 is 9.84 Å². The highest BCUT2D eigenvalue weighted by atomic mass is 32.2. The van der Waals surface area contributed by atoms with Gasteiger partial charge in [0.05, 0.1) is 13.2 Å². The maximum atomic E-state index is 8.98. The highest BCUT2D eigenvalue weighted by Gasteiger charge is 2.01. The second-order valence-corrected chi connectivity index (χ2v) is 4.75. The zero-order chi connectivity index (χ0) is 12.8. The van der Waals surface area contributed by atoms with Crippen LogP contribution in [0.15, 0.2) is 52.4 Å². The normalized spacial score (nSPS) is 10.3. The Labute approximate surface area is 111 Å². The van der Waals surface area contributed by atoms with E-state index in [-0.39, 0.29) is 6.61 Å². The van der Waals surface area contributed by atoms with Crippen molar-refractivity contribution in [3.63, 3.8) is 0 Å². The summed E-state index contributed by atoms with van der Waals surface area (Å²) in [6, 6.07) is 13.5. The summed E-state index contributed by atoms with van der Waals surface area (Å²) in [5, 5.41) is 9.88. The van der Waals surface area contributed by atoms with Crippen molar-refractivity contribution in [1.82, 2.24) is 4.98 Å². The number of hydrogen-bond acceptors (Lipinski definition) is 4. The number of nitrogens with zero attached hydrogens (tertiary/aromatic N) is 1. The van der Waals surface area contributed by atoms with E-state index in [4.69, 9.17) is 9.84 Å². The van der Waals surface area contributed by atoms with Crippen molar-refractivity contribution in [2.24, 2.45) is 0 Å². The zero-order valence-electron chi connectivity index (χ0n) is 10.2. The molecule has 0 saturated carbocycles. The third-order valence-electron chi connectivity index (χ3n) is 2.32. The van der Waals surface area contributed by atoms with Gasteiger partial charge in [-0.2, -0.15) is 0 Å². The van der Waals surface area contributed by atoms with Crippen LogP contribution in [0.2, 0.25) is 0 Å². The van der Waals surface area contributed by atoms with Gasteiger partial charge in [0.25, 0.3) is 0 Å². The minimum absolute atomic E-state index is 0.0724. The lowest BCUT2D eigenvalue weighted by molar-refractivity contribution is 0.282. The van der Waals surface area contributed by atoms with Gasteiger partial charge in [-0.15, -0.1) is 0 Å². The Balaban J connectivity index is 2.09. The van der Waals surface area contributed by atoms with Crippen LogP contribution in [0.1, 0.15) is 12.5 Å². The van der Waals surface area contributed by atoms with Gasteiger partial charge in [0.15, 0.2) is 0 Å². The molecule has 2 rings (SSSR count). The lowest BCUT2D eigenvalue weighted by atomic mass is 10.2. The molecule has 4 heteroatoms. The first-order chi connectivity index (χ1) is 8.81. The van der Waals surface area contributed by atoms with E-state index in [1.807, 2.05) is 49.4 Å². The fourth-order valence-corrected chi connectivity index (χ4v) is 2.26. The molecule has 0 amide bonds. The molecule has 0 spiro atoms. The molecule has 0 aliphatic carbocycles. The van der Waals surface area contributed by atoms with Gasteiger partial charge in [0.1, 0.15) is 5.03 Å². The number of aliphatic hydroxyl groups excluding tert-OH is 1. The molecule has 0 aliphatic rings. The molecule has 0 bridgehead atoms. The quantitative estimate of drug-likeness (QED) is 0.898. The summed E-state index contributed by atoms with van der Waals surface area (Å²) < 4.78 is 5.36. The minimum atomic E-state index is 0.0724. The minimum Gasteiger partial charge on any atom is -0.478 e. The van der Waals surface area contributed by atoms with Crippen LogP contribution in [-0.4, -0.2) is 16.7 Å². The average Bonchev–Trinajstić information content (AvgIpc) is 2.40. The summed E-state index contributed by atoms with van der Waals surface area (Å²) >= 11 is 1.57. The Bertz CT molecular complexity index is 499. The predicted octanol–water partition coefficient (Wildman–Crippen LogP) is 3.12. The molecule has 1 aromatic heterocycles. The number of hydrogen-bond donors (Lipinski definition) is 1. The molecule has 2 aromatic rings. The van der Waals surface area contributed by atoms with E-state index >= 15 is 0 Å². The topological polar surface area (TPSA) is 42.4 Å². The van der Waals surface area contributed by atoms with Crippen molar-refractivity contribution in [2.45, 2.75) is 23.5 Å². The molecule has 0 unspecified atom stereocenters. The van der Waals surface area contributed by atoms with E-state index in [0.717, 1.165) is 15.5 Å². The smallest absolute Gasteiger partial charge is 0.214 e. The average molecular weight is 261 g/mol. The Kier molecular flexibility index (Phi) is 4.61. The number of aromatic nitrogens is 1. The van der Waals surface area contributed by atoms with Gasteiger partial charge >= 0.3 is 0 Å². The van der Waals surface area contributed by atoms with Crippen LogP contribution in [0.5, 0.6) is 5.88 Å². The van der Waals surface area contributed by atoms with Gasteiger partial charge in [-0.1, -0.05) is 30.0 Å². The molecule has 0 aliphatic heterocycles. The molecule has 18 heavy (non-hydrogen) atoms. The van der Waals surface area contributed by atoms with Gasteiger partial charge in [-0.25, -0.2) is 4.98 Å². The maximum absolute atomic E-state index is 8.98. The van der Waals surface area contributed by atoms with Crippen molar-refractivity contribution >= 4 is 11.8 Å². The van der Waals surface area contributed by atoms with Crippen LogP contribution in [-0.2, 0) is 6.61 Å². The molecule has 1 aromatic carbocycles. The summed E-state index contributed by atoms with van der Waals surface area (Å²) in [4.78, 5) is 5.48. The third kappa shape index (κ3) is 3.48. The van der Waals surface area contributed by atoms with E-state index in [0.29, 0.717) is 12.5 Å². The van der Waals surface area contributed by atoms with Crippen LogP contribution >= 0.6 is 11.8 Å². The number of ether oxygens (including phenoxy) is 1. The molecular weight excluding hydrogens is 246 g/mol. The first-order valence-corrected chi connectivity index (χ1v) is 6.61. The summed E-state index contributed by atoms with van der Waals surface area (Å²) in [6.45, 7) is 2.63. The first-order valence-electron chi connectivity index (χ1n) is 5.79. The van der Waals surface area contributed by atoms with Gasteiger partial charge in [-0.3, -0.25) is 0 Å². The number of aliphatic hydroxyl groups is 1. The molecule has 0 atom stereocenters. The van der Waals surface area contributed by atoms with E-state index in [9.17, 15) is 0 Å². The molecule has 0 radical (unpaired) electrons. The van der Waals surface area contributed by atoms with Crippen LogP contribution in [0.3, 0.4) is 0 Å². The van der Waals surface area contributed by atoms with Gasteiger partial charge in [-0.05, 0) is 30.7 Å². The van der Waals surface area contributed by atoms with E-state index in [1.54, 1.807) is 11.8 Å². The number of rotatable bonds is 5. The van der Waals surface area contributed by atoms with Crippen LogP contribution in [0.25, 0.3) is 0 Å². The number of pyridine rings is 1. The highest BCUT2D eigenvalue weighted by Crippen LogP contribution is 2.27. The van der Waals surface area contributed by atoms with Crippen molar-refractivity contribution in [3.8, 4) is 5.88 Å². The molecule has 94 valence electrons. The van der Waals surface area contributed by atoms with Gasteiger partial charge in [0, 0.05) is 11.0 Å². The molecule has 0 saturated heterocycles. The largest absolute Gasteiger partial charge is 0.478 e. The summed E-state index contributed by atoms with van der Waals surface area (Å²) in [5.74, 6) is 0.648. The molecular formula is C14H15NO2S. The SMILES string of the molecule is CCOc1cccc(Sc2ccc(CO)cc2)n1. The van der Waals surface area contributed by atoms with Crippen LogP contribution < -0.4 is 4.74 Å². The maximum Gasteiger partial charge on any atom is 0.214 e. The van der Waals surface area contributed by atoms with Crippen LogP contribution in [0.4, 0.5) is 0 Å². The highest BCUT2D eigenvalue weighted by molar-refractivity contribution is 7.99. The summed E-state index contributed by atoms with van der Waals surface area (Å²) in [6.07, 6.45) is 0.